The third kappa shape index (κ3) is 2.72. The number of methoxy groups -OCH3 is 1. The molecule has 0 aromatic carbocycles. The molecule has 1 atom stereocenters. The number of ether oxygens (including phenoxy) is 1. The maximum atomic E-state index is 12.1. The fourth-order valence-corrected chi connectivity index (χ4v) is 2.20. The molecular weight excluding hydrogens is 230 g/mol. The highest BCUT2D eigenvalue weighted by atomic mass is 16.5. The van der Waals surface area contributed by atoms with E-state index in [1.165, 1.54) is 0 Å². The number of aryl methyl sites for hydroxylation is 1. The Balaban J connectivity index is 1.87. The molecule has 1 saturated carbocycles. The summed E-state index contributed by atoms with van der Waals surface area (Å²) >= 11 is 0. The Bertz CT molecular complexity index is 424. The molecule has 0 spiro atoms. The number of nitrogens with zero attached hydrogens (tertiary/aromatic N) is 2. The van der Waals surface area contributed by atoms with Gasteiger partial charge in [-0.25, -0.2) is 4.98 Å². The predicted molar refractivity (Wildman–Crippen MR) is 68.2 cm³/mol. The van der Waals surface area contributed by atoms with Crippen LogP contribution in [0.25, 0.3) is 0 Å². The lowest BCUT2D eigenvalue weighted by atomic mass is 10.1. The van der Waals surface area contributed by atoms with Gasteiger partial charge in [-0.15, -0.1) is 0 Å². The van der Waals surface area contributed by atoms with Crippen LogP contribution in [0.3, 0.4) is 0 Å². The first kappa shape index (κ1) is 13.1. The van der Waals surface area contributed by atoms with Crippen LogP contribution in [0.5, 0.6) is 0 Å². The second-order valence-corrected chi connectivity index (χ2v) is 5.21. The van der Waals surface area contributed by atoms with Gasteiger partial charge >= 0.3 is 0 Å². The van der Waals surface area contributed by atoms with Gasteiger partial charge in [-0.2, -0.15) is 0 Å². The predicted octanol–water partition coefficient (Wildman–Crippen LogP) is 1.30. The summed E-state index contributed by atoms with van der Waals surface area (Å²) < 4.78 is 7.07. The van der Waals surface area contributed by atoms with E-state index < -0.39 is 0 Å². The van der Waals surface area contributed by atoms with E-state index in [2.05, 4.69) is 10.3 Å². The van der Waals surface area contributed by atoms with E-state index >= 15 is 0 Å². The van der Waals surface area contributed by atoms with Crippen molar-refractivity contribution in [3.63, 3.8) is 0 Å². The quantitative estimate of drug-likeness (QED) is 0.829. The van der Waals surface area contributed by atoms with E-state index in [9.17, 15) is 4.79 Å². The van der Waals surface area contributed by atoms with Crippen LogP contribution >= 0.6 is 0 Å². The highest BCUT2D eigenvalue weighted by Crippen LogP contribution is 2.45. The fraction of sp³-hybridized carbons (Fsp3) is 0.692. The number of aromatic nitrogens is 2. The molecule has 1 aromatic rings. The Labute approximate surface area is 108 Å². The Kier molecular flexibility index (Phi) is 3.71. The van der Waals surface area contributed by atoms with E-state index in [0.29, 0.717) is 6.54 Å². The Morgan fingerprint density at radius 3 is 2.89 bits per heavy atom. The van der Waals surface area contributed by atoms with Crippen LogP contribution in [0.15, 0.2) is 12.4 Å². The minimum absolute atomic E-state index is 0.0403. The van der Waals surface area contributed by atoms with Gasteiger partial charge in [-0.3, -0.25) is 4.79 Å². The van der Waals surface area contributed by atoms with Gasteiger partial charge in [-0.1, -0.05) is 0 Å². The summed E-state index contributed by atoms with van der Waals surface area (Å²) in [6, 6.07) is -0.217. The number of amides is 1. The van der Waals surface area contributed by atoms with Crippen LogP contribution in [0.1, 0.15) is 31.6 Å². The van der Waals surface area contributed by atoms with Gasteiger partial charge in [-0.05, 0) is 26.7 Å². The van der Waals surface area contributed by atoms with E-state index in [1.807, 2.05) is 24.6 Å². The number of nitrogens with one attached hydrogen (secondary N) is 1. The van der Waals surface area contributed by atoms with Crippen molar-refractivity contribution in [2.45, 2.75) is 32.7 Å². The molecule has 5 heteroatoms. The van der Waals surface area contributed by atoms with Crippen molar-refractivity contribution in [3.8, 4) is 0 Å². The molecule has 1 aliphatic carbocycles. The van der Waals surface area contributed by atoms with Crippen LogP contribution < -0.4 is 5.32 Å². The average molecular weight is 251 g/mol. The largest absolute Gasteiger partial charge is 0.384 e. The molecule has 2 rings (SSSR count). The van der Waals surface area contributed by atoms with Gasteiger partial charge in [0.2, 0.25) is 5.91 Å². The third-order valence-corrected chi connectivity index (χ3v) is 3.70. The van der Waals surface area contributed by atoms with E-state index in [0.717, 1.165) is 25.3 Å². The summed E-state index contributed by atoms with van der Waals surface area (Å²) in [5.41, 5.74) is 0.189. The lowest BCUT2D eigenvalue weighted by Crippen LogP contribution is -2.36. The zero-order valence-corrected chi connectivity index (χ0v) is 11.3. The normalized spacial score (nSPS) is 18.4. The first-order chi connectivity index (χ1) is 8.58. The molecule has 0 bridgehead atoms. The number of rotatable bonds is 6. The van der Waals surface area contributed by atoms with Crippen LogP contribution in [0, 0.1) is 12.3 Å². The number of carbonyl (C=O) groups is 1. The molecule has 0 radical (unpaired) electrons. The first-order valence-corrected chi connectivity index (χ1v) is 6.34. The molecule has 1 aromatic heterocycles. The minimum Gasteiger partial charge on any atom is -0.384 e. The van der Waals surface area contributed by atoms with Gasteiger partial charge in [0.15, 0.2) is 0 Å². The zero-order chi connectivity index (χ0) is 13.2. The monoisotopic (exact) mass is 251 g/mol. The lowest BCUT2D eigenvalue weighted by Gasteiger charge is -2.18. The summed E-state index contributed by atoms with van der Waals surface area (Å²) in [7, 11) is 1.71. The van der Waals surface area contributed by atoms with Crippen molar-refractivity contribution in [2.24, 2.45) is 5.41 Å². The first-order valence-electron chi connectivity index (χ1n) is 6.34. The molecule has 0 saturated heterocycles. The fourth-order valence-electron chi connectivity index (χ4n) is 2.20. The molecule has 100 valence electrons. The third-order valence-electron chi connectivity index (χ3n) is 3.70. The van der Waals surface area contributed by atoms with Crippen molar-refractivity contribution in [2.75, 3.05) is 20.3 Å². The van der Waals surface area contributed by atoms with Crippen LogP contribution in [0.4, 0.5) is 0 Å². The van der Waals surface area contributed by atoms with Crippen molar-refractivity contribution in [1.29, 1.82) is 0 Å². The van der Waals surface area contributed by atoms with Crippen LogP contribution in [0.2, 0.25) is 0 Å². The van der Waals surface area contributed by atoms with E-state index in [4.69, 9.17) is 4.74 Å². The van der Waals surface area contributed by atoms with Crippen molar-refractivity contribution >= 4 is 5.91 Å². The van der Waals surface area contributed by atoms with Gasteiger partial charge in [0.05, 0.1) is 6.61 Å². The van der Waals surface area contributed by atoms with Gasteiger partial charge in [0.1, 0.15) is 11.9 Å². The van der Waals surface area contributed by atoms with Crippen molar-refractivity contribution < 1.29 is 9.53 Å². The standard InChI is InChI=1S/C13H21N3O2/c1-10(16-7-6-14-11(16)2)12(17)15-8-13(4-5-13)9-18-3/h6-7,10H,4-5,8-9H2,1-3H3,(H,15,17). The lowest BCUT2D eigenvalue weighted by molar-refractivity contribution is -0.124. The zero-order valence-electron chi connectivity index (χ0n) is 11.3. The number of hydrogen-bond donors (Lipinski definition) is 1. The Morgan fingerprint density at radius 1 is 1.67 bits per heavy atom. The van der Waals surface area contributed by atoms with E-state index in [-0.39, 0.29) is 17.4 Å². The SMILES string of the molecule is COCC1(CNC(=O)C(C)n2ccnc2C)CC1. The molecular formula is C13H21N3O2. The molecule has 1 heterocycles. The molecule has 1 N–H and O–H groups in total. The van der Waals surface area contributed by atoms with Gasteiger partial charge in [0, 0.05) is 31.5 Å². The number of hydrogen-bond acceptors (Lipinski definition) is 3. The minimum atomic E-state index is -0.217. The van der Waals surface area contributed by atoms with Crippen LogP contribution in [-0.2, 0) is 9.53 Å². The summed E-state index contributed by atoms with van der Waals surface area (Å²) in [6.07, 6.45) is 5.83. The van der Waals surface area contributed by atoms with Gasteiger partial charge in [0.25, 0.3) is 0 Å². The summed E-state index contributed by atoms with van der Waals surface area (Å²) in [4.78, 5) is 16.2. The summed E-state index contributed by atoms with van der Waals surface area (Å²) in [6.45, 7) is 5.22. The summed E-state index contributed by atoms with van der Waals surface area (Å²) in [5, 5.41) is 3.02. The maximum absolute atomic E-state index is 12.1. The maximum Gasteiger partial charge on any atom is 0.242 e. The highest BCUT2D eigenvalue weighted by Gasteiger charge is 2.42. The molecule has 1 amide bonds. The molecule has 18 heavy (non-hydrogen) atoms. The highest BCUT2D eigenvalue weighted by molar-refractivity contribution is 5.80. The Hall–Kier alpha value is -1.36. The Morgan fingerprint density at radius 2 is 2.39 bits per heavy atom. The van der Waals surface area contributed by atoms with Crippen molar-refractivity contribution in [1.82, 2.24) is 14.9 Å². The molecule has 1 unspecified atom stereocenters. The second-order valence-electron chi connectivity index (χ2n) is 5.21. The average Bonchev–Trinajstić information content (AvgIpc) is 2.99. The smallest absolute Gasteiger partial charge is 0.242 e. The van der Waals surface area contributed by atoms with Gasteiger partial charge < -0.3 is 14.6 Å². The van der Waals surface area contributed by atoms with Crippen molar-refractivity contribution in [3.05, 3.63) is 18.2 Å². The molecule has 0 aliphatic heterocycles. The topological polar surface area (TPSA) is 56.1 Å². The second kappa shape index (κ2) is 5.10. The number of imidazole rings is 1. The molecule has 1 aliphatic rings. The molecule has 5 nitrogen and oxygen atoms in total. The summed E-state index contributed by atoms with van der Waals surface area (Å²) in [5.74, 6) is 0.897. The van der Waals surface area contributed by atoms with E-state index in [1.54, 1.807) is 13.3 Å². The molecule has 1 fully saturated rings. The van der Waals surface area contributed by atoms with Crippen LogP contribution in [-0.4, -0.2) is 35.7 Å². The number of carbonyl (C=O) groups excluding carboxylic acids is 1.